The number of carbonyl (C=O) groups excluding carboxylic acids is 1. The van der Waals surface area contributed by atoms with Gasteiger partial charge in [0.2, 0.25) is 0 Å². The molecule has 0 aliphatic carbocycles. The van der Waals surface area contributed by atoms with Crippen LogP contribution in [-0.2, 0) is 0 Å². The van der Waals surface area contributed by atoms with Crippen LogP contribution in [0.25, 0.3) is 5.65 Å². The largest absolute Gasteiger partial charge is 0.370 e. The number of nitrogens with one attached hydrogen (secondary N) is 1. The summed E-state index contributed by atoms with van der Waals surface area (Å²) in [5, 5.41) is 2.67. The van der Waals surface area contributed by atoms with Gasteiger partial charge >= 0.3 is 0 Å². The fourth-order valence-corrected chi connectivity index (χ4v) is 4.54. The number of halogens is 1. The number of benzene rings is 1. The van der Waals surface area contributed by atoms with Crippen LogP contribution < -0.4 is 10.2 Å². The molecule has 8 heteroatoms. The van der Waals surface area contributed by atoms with Gasteiger partial charge in [0.05, 0.1) is 23.7 Å². The normalized spacial score (nSPS) is 19.7. The predicted molar refractivity (Wildman–Crippen MR) is 114 cm³/mol. The molecule has 0 bridgehead atoms. The maximum Gasteiger partial charge on any atom is 0.259 e. The van der Waals surface area contributed by atoms with E-state index >= 15 is 0 Å². The summed E-state index contributed by atoms with van der Waals surface area (Å²) >= 11 is 0. The summed E-state index contributed by atoms with van der Waals surface area (Å²) in [6, 6.07) is 5.41. The van der Waals surface area contributed by atoms with Crippen molar-refractivity contribution < 1.29 is 9.18 Å². The zero-order chi connectivity index (χ0) is 20.7. The van der Waals surface area contributed by atoms with E-state index in [4.69, 9.17) is 0 Å². The van der Waals surface area contributed by atoms with Gasteiger partial charge in [-0.15, -0.1) is 0 Å². The van der Waals surface area contributed by atoms with Crippen molar-refractivity contribution in [2.45, 2.75) is 32.2 Å². The summed E-state index contributed by atoms with van der Waals surface area (Å²) in [5.41, 5.74) is 2.40. The SMILES string of the molecule is Cc1cn2cc(NC(=O)c3ccc(N4CC[C@H](N5CCCC5)C4)cc3F)ncc2n1. The van der Waals surface area contributed by atoms with Gasteiger partial charge in [-0.25, -0.2) is 14.4 Å². The Labute approximate surface area is 174 Å². The van der Waals surface area contributed by atoms with Crippen LogP contribution in [0.3, 0.4) is 0 Å². The van der Waals surface area contributed by atoms with Crippen LogP contribution in [0.4, 0.5) is 15.9 Å². The molecule has 7 nitrogen and oxygen atoms in total. The number of fused-ring (bicyclic) bond motifs is 1. The average Bonchev–Trinajstić information content (AvgIpc) is 3.47. The Morgan fingerprint density at radius 3 is 2.83 bits per heavy atom. The second kappa shape index (κ2) is 7.68. The number of aromatic nitrogens is 3. The van der Waals surface area contributed by atoms with Crippen molar-refractivity contribution in [3.05, 3.63) is 53.9 Å². The lowest BCUT2D eigenvalue weighted by atomic mass is 10.1. The van der Waals surface area contributed by atoms with E-state index in [1.165, 1.54) is 32.0 Å². The first-order chi connectivity index (χ1) is 14.6. The summed E-state index contributed by atoms with van der Waals surface area (Å²) in [5.74, 6) is -0.686. The van der Waals surface area contributed by atoms with Crippen LogP contribution in [0.2, 0.25) is 0 Å². The van der Waals surface area contributed by atoms with Crippen LogP contribution in [-0.4, -0.2) is 57.4 Å². The number of nitrogens with zero attached hydrogens (tertiary/aromatic N) is 5. The molecule has 2 aliphatic heterocycles. The Bertz CT molecular complexity index is 1090. The number of carbonyl (C=O) groups is 1. The van der Waals surface area contributed by atoms with E-state index in [1.54, 1.807) is 22.9 Å². The molecule has 3 aromatic rings. The number of aryl methyl sites for hydroxylation is 1. The van der Waals surface area contributed by atoms with Gasteiger partial charge in [-0.3, -0.25) is 9.69 Å². The zero-order valence-corrected chi connectivity index (χ0v) is 17.0. The highest BCUT2D eigenvalue weighted by Gasteiger charge is 2.29. The topological polar surface area (TPSA) is 65.8 Å². The molecule has 30 heavy (non-hydrogen) atoms. The van der Waals surface area contributed by atoms with E-state index in [0.717, 1.165) is 30.9 Å². The second-order valence-corrected chi connectivity index (χ2v) is 8.17. The fraction of sp³-hybridized carbons (Fsp3) is 0.409. The Hall–Kier alpha value is -3.00. The Balaban J connectivity index is 1.28. The highest BCUT2D eigenvalue weighted by molar-refractivity contribution is 6.04. The van der Waals surface area contributed by atoms with Crippen LogP contribution in [0.15, 0.2) is 36.8 Å². The molecule has 1 atom stereocenters. The standard InChI is InChI=1S/C22H25FN6O/c1-15-12-29-14-20(24-11-21(29)25-15)26-22(30)18-5-4-16(10-19(18)23)28-9-6-17(13-28)27-7-2-3-8-27/h4-5,10-12,14,17H,2-3,6-9,13H2,1H3,(H,26,30)/t17-/m0/s1. The van der Waals surface area contributed by atoms with E-state index in [-0.39, 0.29) is 5.56 Å². The number of hydrogen-bond donors (Lipinski definition) is 1. The minimum absolute atomic E-state index is 0.0118. The molecule has 4 heterocycles. The third-order valence-corrected chi connectivity index (χ3v) is 6.09. The number of imidazole rings is 1. The van der Waals surface area contributed by atoms with Crippen molar-refractivity contribution in [3.63, 3.8) is 0 Å². The molecule has 5 rings (SSSR count). The molecule has 156 valence electrons. The lowest BCUT2D eigenvalue weighted by Crippen LogP contribution is -2.35. The summed E-state index contributed by atoms with van der Waals surface area (Å²) in [7, 11) is 0. The molecular weight excluding hydrogens is 383 g/mol. The predicted octanol–water partition coefficient (Wildman–Crippen LogP) is 3.10. The molecule has 2 saturated heterocycles. The minimum atomic E-state index is -0.519. The summed E-state index contributed by atoms with van der Waals surface area (Å²) < 4.78 is 16.6. The summed E-state index contributed by atoms with van der Waals surface area (Å²) in [4.78, 5) is 25.9. The average molecular weight is 408 g/mol. The molecule has 2 fully saturated rings. The van der Waals surface area contributed by atoms with Gasteiger partial charge in [0.15, 0.2) is 5.65 Å². The molecular formula is C22H25FN6O. The molecule has 1 amide bonds. The van der Waals surface area contributed by atoms with Crippen LogP contribution in [0.1, 0.15) is 35.3 Å². The molecule has 0 spiro atoms. The summed E-state index contributed by atoms with van der Waals surface area (Å²) in [6.45, 7) is 6.06. The Kier molecular flexibility index (Phi) is 4.86. The number of likely N-dealkylation sites (tertiary alicyclic amines) is 1. The first-order valence-corrected chi connectivity index (χ1v) is 10.5. The van der Waals surface area contributed by atoms with Gasteiger partial charge in [0.1, 0.15) is 11.6 Å². The van der Waals surface area contributed by atoms with Crippen molar-refractivity contribution in [1.29, 1.82) is 0 Å². The van der Waals surface area contributed by atoms with E-state index in [9.17, 15) is 9.18 Å². The molecule has 0 radical (unpaired) electrons. The van der Waals surface area contributed by atoms with Crippen LogP contribution in [0, 0.1) is 12.7 Å². The maximum absolute atomic E-state index is 14.8. The van der Waals surface area contributed by atoms with Crippen LogP contribution in [0.5, 0.6) is 0 Å². The van der Waals surface area contributed by atoms with E-state index in [1.807, 2.05) is 19.2 Å². The van der Waals surface area contributed by atoms with E-state index < -0.39 is 11.7 Å². The highest BCUT2D eigenvalue weighted by Crippen LogP contribution is 2.27. The van der Waals surface area contributed by atoms with E-state index in [0.29, 0.717) is 17.5 Å². The molecule has 1 N–H and O–H groups in total. The number of anilines is 2. The molecule has 2 aromatic heterocycles. The second-order valence-electron chi connectivity index (χ2n) is 8.17. The highest BCUT2D eigenvalue weighted by atomic mass is 19.1. The van der Waals surface area contributed by atoms with Gasteiger partial charge in [0, 0.05) is 31.0 Å². The van der Waals surface area contributed by atoms with Gasteiger partial charge in [-0.1, -0.05) is 0 Å². The molecule has 2 aliphatic rings. The van der Waals surface area contributed by atoms with Crippen molar-refractivity contribution in [2.24, 2.45) is 0 Å². The third-order valence-electron chi connectivity index (χ3n) is 6.09. The smallest absolute Gasteiger partial charge is 0.259 e. The third kappa shape index (κ3) is 3.63. The van der Waals surface area contributed by atoms with Crippen molar-refractivity contribution in [2.75, 3.05) is 36.4 Å². The minimum Gasteiger partial charge on any atom is -0.370 e. The monoisotopic (exact) mass is 408 g/mol. The number of amides is 1. The van der Waals surface area contributed by atoms with Crippen molar-refractivity contribution >= 4 is 23.1 Å². The van der Waals surface area contributed by atoms with Crippen LogP contribution >= 0.6 is 0 Å². The Morgan fingerprint density at radius 2 is 2.03 bits per heavy atom. The van der Waals surface area contributed by atoms with Crippen molar-refractivity contribution in [3.8, 4) is 0 Å². The first-order valence-electron chi connectivity index (χ1n) is 10.5. The van der Waals surface area contributed by atoms with Gasteiger partial charge in [0.25, 0.3) is 5.91 Å². The van der Waals surface area contributed by atoms with E-state index in [2.05, 4.69) is 25.1 Å². The van der Waals surface area contributed by atoms with Gasteiger partial charge in [-0.2, -0.15) is 0 Å². The number of rotatable bonds is 4. The lowest BCUT2D eigenvalue weighted by molar-refractivity contribution is 0.102. The summed E-state index contributed by atoms with van der Waals surface area (Å²) in [6.07, 6.45) is 8.74. The molecule has 0 saturated carbocycles. The Morgan fingerprint density at radius 1 is 1.20 bits per heavy atom. The zero-order valence-electron chi connectivity index (χ0n) is 17.0. The molecule has 1 aromatic carbocycles. The lowest BCUT2D eigenvalue weighted by Gasteiger charge is -2.24. The maximum atomic E-state index is 14.8. The first kappa shape index (κ1) is 19.0. The fourth-order valence-electron chi connectivity index (χ4n) is 4.54. The number of hydrogen-bond acceptors (Lipinski definition) is 5. The van der Waals surface area contributed by atoms with Crippen molar-refractivity contribution in [1.82, 2.24) is 19.3 Å². The van der Waals surface area contributed by atoms with Gasteiger partial charge in [-0.05, 0) is 57.5 Å². The quantitative estimate of drug-likeness (QED) is 0.719. The molecule has 0 unspecified atom stereocenters. The van der Waals surface area contributed by atoms with Gasteiger partial charge < -0.3 is 14.6 Å².